The van der Waals surface area contributed by atoms with Crippen LogP contribution in [-0.4, -0.2) is 19.7 Å². The van der Waals surface area contributed by atoms with Crippen molar-refractivity contribution in [3.05, 3.63) is 6.08 Å². The van der Waals surface area contributed by atoms with Crippen LogP contribution in [0.1, 0.15) is 79.1 Å². The van der Waals surface area contributed by atoms with Gasteiger partial charge in [-0.15, -0.1) is 0 Å². The number of ether oxygens (including phenoxy) is 1. The van der Waals surface area contributed by atoms with Crippen LogP contribution >= 0.6 is 0 Å². The second-order valence-corrected chi connectivity index (χ2v) is 6.97. The lowest BCUT2D eigenvalue weighted by atomic mass is 9.70. The third-order valence-electron chi connectivity index (χ3n) is 4.67. The fourth-order valence-electron chi connectivity index (χ4n) is 3.30. The third-order valence-corrected chi connectivity index (χ3v) is 4.67. The largest absolute Gasteiger partial charge is 0.384 e. The van der Waals surface area contributed by atoms with Crippen LogP contribution in [-0.2, 0) is 9.53 Å². The van der Waals surface area contributed by atoms with E-state index < -0.39 is 0 Å². The summed E-state index contributed by atoms with van der Waals surface area (Å²) in [5.74, 6) is 3.04. The van der Waals surface area contributed by atoms with Gasteiger partial charge >= 0.3 is 0 Å². The van der Waals surface area contributed by atoms with E-state index in [0.717, 1.165) is 31.8 Å². The average Bonchev–Trinajstić information content (AvgIpc) is 2.42. The molecule has 0 aliphatic carbocycles. The van der Waals surface area contributed by atoms with Gasteiger partial charge in [0.2, 0.25) is 0 Å². The number of hydrogen-bond acceptors (Lipinski definition) is 2. The maximum Gasteiger partial charge on any atom is 0.120 e. The maximum atomic E-state index is 10.7. The molecule has 21 heavy (non-hydrogen) atoms. The highest BCUT2D eigenvalue weighted by atomic mass is 16.5. The second kappa shape index (κ2) is 12.0. The highest BCUT2D eigenvalue weighted by Crippen LogP contribution is 2.39. The van der Waals surface area contributed by atoms with Crippen molar-refractivity contribution in [1.82, 2.24) is 0 Å². The van der Waals surface area contributed by atoms with Gasteiger partial charge in [0.05, 0.1) is 6.61 Å². The van der Waals surface area contributed by atoms with Crippen LogP contribution in [0.2, 0.25) is 0 Å². The summed E-state index contributed by atoms with van der Waals surface area (Å²) in [7, 11) is 1.77. The van der Waals surface area contributed by atoms with Crippen LogP contribution in [0.4, 0.5) is 0 Å². The molecule has 0 heterocycles. The van der Waals surface area contributed by atoms with Crippen LogP contribution < -0.4 is 0 Å². The zero-order chi connectivity index (χ0) is 16.1. The lowest BCUT2D eigenvalue weighted by Crippen LogP contribution is -2.33. The first-order valence-electron chi connectivity index (χ1n) is 8.72. The highest BCUT2D eigenvalue weighted by molar-refractivity contribution is 5.45. The molecule has 124 valence electrons. The monoisotopic (exact) mass is 296 g/mol. The van der Waals surface area contributed by atoms with Crippen LogP contribution in [0.5, 0.6) is 0 Å². The molecule has 0 saturated heterocycles. The number of carbonyl (C=O) groups excluding carboxylic acids is 1. The first-order chi connectivity index (χ1) is 10.0. The molecule has 0 rings (SSSR count). The van der Waals surface area contributed by atoms with E-state index in [4.69, 9.17) is 4.74 Å². The molecular formula is C19H36O2. The van der Waals surface area contributed by atoms with Gasteiger partial charge in [-0.25, -0.2) is 4.79 Å². The van der Waals surface area contributed by atoms with Crippen LogP contribution in [0, 0.1) is 17.3 Å². The highest BCUT2D eigenvalue weighted by Gasteiger charge is 2.33. The van der Waals surface area contributed by atoms with Crippen molar-refractivity contribution in [3.63, 3.8) is 0 Å². The number of unbranched alkanes of at least 4 members (excludes halogenated alkanes) is 3. The Labute approximate surface area is 132 Å². The Hall–Kier alpha value is -0.590. The smallest absolute Gasteiger partial charge is 0.120 e. The minimum Gasteiger partial charge on any atom is -0.384 e. The Morgan fingerprint density at radius 2 is 1.76 bits per heavy atom. The molecule has 0 aromatic heterocycles. The Morgan fingerprint density at radius 3 is 2.29 bits per heavy atom. The fourth-order valence-corrected chi connectivity index (χ4v) is 3.30. The minimum absolute atomic E-state index is 0.110. The van der Waals surface area contributed by atoms with E-state index in [1.165, 1.54) is 32.1 Å². The SMILES string of the molecule is CCCC(CCCCCCC(C)C)(COC)C(C)C=C=O. The van der Waals surface area contributed by atoms with Gasteiger partial charge in [-0.05, 0) is 24.7 Å². The fraction of sp³-hybridized carbons (Fsp3) is 0.895. The zero-order valence-corrected chi connectivity index (χ0v) is 14.9. The normalized spacial score (nSPS) is 15.5. The lowest BCUT2D eigenvalue weighted by Gasteiger charge is -2.37. The molecule has 0 spiro atoms. The van der Waals surface area contributed by atoms with E-state index in [1.807, 2.05) is 5.94 Å². The summed E-state index contributed by atoms with van der Waals surface area (Å²) in [5, 5.41) is 0. The van der Waals surface area contributed by atoms with Crippen molar-refractivity contribution >= 4 is 5.94 Å². The maximum absolute atomic E-state index is 10.7. The summed E-state index contributed by atoms with van der Waals surface area (Å²) in [6.07, 6.45) is 11.6. The van der Waals surface area contributed by atoms with Gasteiger partial charge < -0.3 is 4.74 Å². The van der Waals surface area contributed by atoms with E-state index in [9.17, 15) is 4.79 Å². The molecule has 2 nitrogen and oxygen atoms in total. The van der Waals surface area contributed by atoms with Crippen molar-refractivity contribution in [2.75, 3.05) is 13.7 Å². The van der Waals surface area contributed by atoms with Crippen LogP contribution in [0.3, 0.4) is 0 Å². The zero-order valence-electron chi connectivity index (χ0n) is 14.9. The topological polar surface area (TPSA) is 26.3 Å². The third kappa shape index (κ3) is 8.44. The van der Waals surface area contributed by atoms with Crippen LogP contribution in [0.15, 0.2) is 6.08 Å². The summed E-state index contributed by atoms with van der Waals surface area (Å²) < 4.78 is 5.49. The molecule has 0 fully saturated rings. The molecule has 0 aromatic rings. The van der Waals surface area contributed by atoms with E-state index in [-0.39, 0.29) is 11.3 Å². The van der Waals surface area contributed by atoms with Crippen molar-refractivity contribution in [2.24, 2.45) is 17.3 Å². The number of allylic oxidation sites excluding steroid dienone is 1. The van der Waals surface area contributed by atoms with Gasteiger partial charge in [0.25, 0.3) is 0 Å². The molecule has 0 bridgehead atoms. The predicted molar refractivity (Wildman–Crippen MR) is 91.2 cm³/mol. The molecule has 0 radical (unpaired) electrons. The van der Waals surface area contributed by atoms with E-state index in [0.29, 0.717) is 0 Å². The summed E-state index contributed by atoms with van der Waals surface area (Å²) in [4.78, 5) is 10.7. The van der Waals surface area contributed by atoms with Gasteiger partial charge in [0, 0.05) is 18.6 Å². The average molecular weight is 296 g/mol. The Bertz CT molecular complexity index is 284. The van der Waals surface area contributed by atoms with E-state index in [2.05, 4.69) is 27.7 Å². The summed E-state index contributed by atoms with van der Waals surface area (Å²) in [6.45, 7) is 9.67. The first kappa shape index (κ1) is 20.4. The van der Waals surface area contributed by atoms with Crippen molar-refractivity contribution in [2.45, 2.75) is 79.1 Å². The summed E-state index contributed by atoms with van der Waals surface area (Å²) >= 11 is 0. The van der Waals surface area contributed by atoms with Gasteiger partial charge in [-0.1, -0.05) is 66.2 Å². The van der Waals surface area contributed by atoms with Crippen molar-refractivity contribution < 1.29 is 9.53 Å². The molecule has 0 aromatic carbocycles. The molecule has 0 aliphatic rings. The quantitative estimate of drug-likeness (QED) is 0.334. The lowest BCUT2D eigenvalue weighted by molar-refractivity contribution is 0.0347. The summed E-state index contributed by atoms with van der Waals surface area (Å²) in [5.41, 5.74) is 0.110. The molecule has 0 N–H and O–H groups in total. The Balaban J connectivity index is 4.41. The van der Waals surface area contributed by atoms with Gasteiger partial charge in [-0.3, -0.25) is 0 Å². The number of rotatable bonds is 13. The Kier molecular flexibility index (Phi) is 11.7. The van der Waals surface area contributed by atoms with Crippen molar-refractivity contribution in [3.8, 4) is 0 Å². The molecule has 0 amide bonds. The molecule has 0 saturated carbocycles. The molecule has 2 atom stereocenters. The molecular weight excluding hydrogens is 260 g/mol. The molecule has 0 aliphatic heterocycles. The van der Waals surface area contributed by atoms with Gasteiger partial charge in [-0.2, -0.15) is 0 Å². The van der Waals surface area contributed by atoms with E-state index in [1.54, 1.807) is 13.2 Å². The number of hydrogen-bond donors (Lipinski definition) is 0. The first-order valence-corrected chi connectivity index (χ1v) is 8.72. The van der Waals surface area contributed by atoms with Gasteiger partial charge in [0.15, 0.2) is 0 Å². The minimum atomic E-state index is 0.110. The molecule has 2 heteroatoms. The Morgan fingerprint density at radius 1 is 1.10 bits per heavy atom. The van der Waals surface area contributed by atoms with E-state index >= 15 is 0 Å². The van der Waals surface area contributed by atoms with Crippen molar-refractivity contribution in [1.29, 1.82) is 0 Å². The standard InChI is InChI=1S/C19H36O2/c1-6-13-19(16-21-5,18(4)12-15-20)14-10-8-7-9-11-17(2)3/h12,17-18H,6-11,13-14,16H2,1-5H3. The van der Waals surface area contributed by atoms with Gasteiger partial charge in [0.1, 0.15) is 5.94 Å². The second-order valence-electron chi connectivity index (χ2n) is 6.97. The van der Waals surface area contributed by atoms with Crippen LogP contribution in [0.25, 0.3) is 0 Å². The number of methoxy groups -OCH3 is 1. The predicted octanol–water partition coefficient (Wildman–Crippen LogP) is 5.44. The molecule has 2 unspecified atom stereocenters. The summed E-state index contributed by atoms with van der Waals surface area (Å²) in [6, 6.07) is 0.